The number of hydrogen-bond acceptors (Lipinski definition) is 6. The fraction of sp³-hybridized carbons (Fsp3) is 0.579. The molecular formula is C19H27N5O2. The molecule has 0 radical (unpaired) electrons. The molecule has 0 spiro atoms. The lowest BCUT2D eigenvalue weighted by atomic mass is 9.92. The molecule has 0 amide bonds. The van der Waals surface area contributed by atoms with Crippen LogP contribution in [0.15, 0.2) is 29.3 Å². The Morgan fingerprint density at radius 1 is 1.19 bits per heavy atom. The first-order valence-corrected chi connectivity index (χ1v) is 9.07. The molecule has 0 N–H and O–H groups in total. The summed E-state index contributed by atoms with van der Waals surface area (Å²) in [5.74, 6) is 1.81. The van der Waals surface area contributed by atoms with Gasteiger partial charge in [-0.15, -0.1) is 5.10 Å². The molecule has 0 unspecified atom stereocenters. The Bertz CT molecular complexity index is 787. The van der Waals surface area contributed by atoms with E-state index in [9.17, 15) is 4.79 Å². The lowest BCUT2D eigenvalue weighted by molar-refractivity contribution is 0.213. The summed E-state index contributed by atoms with van der Waals surface area (Å²) in [6, 6.07) is 5.47. The van der Waals surface area contributed by atoms with Crippen molar-refractivity contribution in [2.75, 3.05) is 24.6 Å². The molecule has 140 valence electrons. The molecule has 7 nitrogen and oxygen atoms in total. The second-order valence-corrected chi connectivity index (χ2v) is 7.94. The topological polar surface area (TPSA) is 73.1 Å². The third-order valence-corrected chi connectivity index (χ3v) is 4.78. The van der Waals surface area contributed by atoms with Crippen molar-refractivity contribution in [1.29, 1.82) is 0 Å². The maximum atomic E-state index is 11.8. The smallest absolute Gasteiger partial charge is 0.255 e. The molecule has 0 bridgehead atoms. The van der Waals surface area contributed by atoms with Gasteiger partial charge < -0.3 is 14.2 Å². The van der Waals surface area contributed by atoms with Crippen LogP contribution in [0.4, 0.5) is 5.82 Å². The zero-order valence-corrected chi connectivity index (χ0v) is 16.0. The second kappa shape index (κ2) is 7.43. The van der Waals surface area contributed by atoms with Gasteiger partial charge in [0.2, 0.25) is 5.88 Å². The highest BCUT2D eigenvalue weighted by atomic mass is 16.5. The summed E-state index contributed by atoms with van der Waals surface area (Å²) < 4.78 is 7.31. The molecule has 0 aliphatic carbocycles. The van der Waals surface area contributed by atoms with Crippen LogP contribution in [0.5, 0.6) is 5.88 Å². The highest BCUT2D eigenvalue weighted by Gasteiger charge is 2.21. The van der Waals surface area contributed by atoms with Gasteiger partial charge in [0.15, 0.2) is 0 Å². The van der Waals surface area contributed by atoms with Gasteiger partial charge in [-0.05, 0) is 24.8 Å². The Morgan fingerprint density at radius 3 is 2.50 bits per heavy atom. The number of ether oxygens (including phenoxy) is 1. The lowest BCUT2D eigenvalue weighted by Gasteiger charge is -2.32. The van der Waals surface area contributed by atoms with Gasteiger partial charge in [-0.2, -0.15) is 5.10 Å². The predicted octanol–water partition coefficient (Wildman–Crippen LogP) is 2.16. The maximum Gasteiger partial charge on any atom is 0.255 e. The van der Waals surface area contributed by atoms with Crippen molar-refractivity contribution >= 4 is 5.82 Å². The van der Waals surface area contributed by atoms with Crippen LogP contribution in [-0.4, -0.2) is 39.4 Å². The van der Waals surface area contributed by atoms with Crippen molar-refractivity contribution in [2.24, 2.45) is 13.0 Å². The molecule has 0 atom stereocenters. The molecule has 2 aromatic rings. The number of aryl methyl sites for hydroxylation is 1. The summed E-state index contributed by atoms with van der Waals surface area (Å²) in [7, 11) is 1.71. The first-order valence-electron chi connectivity index (χ1n) is 9.07. The Morgan fingerprint density at radius 2 is 1.92 bits per heavy atom. The van der Waals surface area contributed by atoms with Crippen LogP contribution >= 0.6 is 0 Å². The SMILES string of the molecule is Cn1cnc(N2CCC(COc3ccc(C(C)(C)C)nn3)CC2)cc1=O. The van der Waals surface area contributed by atoms with Gasteiger partial charge in [-0.1, -0.05) is 20.8 Å². The molecule has 1 aliphatic rings. The second-order valence-electron chi connectivity index (χ2n) is 7.94. The molecule has 1 aliphatic heterocycles. The van der Waals surface area contributed by atoms with Gasteiger partial charge in [0.05, 0.1) is 18.6 Å². The van der Waals surface area contributed by atoms with E-state index in [0.29, 0.717) is 18.4 Å². The number of hydrogen-bond donors (Lipinski definition) is 0. The Kier molecular flexibility index (Phi) is 5.25. The molecule has 3 rings (SSSR count). The van der Waals surface area contributed by atoms with E-state index < -0.39 is 0 Å². The van der Waals surface area contributed by atoms with Crippen molar-refractivity contribution in [3.63, 3.8) is 0 Å². The van der Waals surface area contributed by atoms with Crippen molar-refractivity contribution < 1.29 is 4.74 Å². The maximum absolute atomic E-state index is 11.8. The van der Waals surface area contributed by atoms with Gasteiger partial charge in [0.1, 0.15) is 5.82 Å². The summed E-state index contributed by atoms with van der Waals surface area (Å²) in [5, 5.41) is 8.44. The average molecular weight is 357 g/mol. The average Bonchev–Trinajstić information content (AvgIpc) is 2.62. The summed E-state index contributed by atoms with van der Waals surface area (Å²) in [5.41, 5.74) is 0.919. The van der Waals surface area contributed by atoms with E-state index in [1.807, 2.05) is 12.1 Å². The van der Waals surface area contributed by atoms with Gasteiger partial charge in [-0.25, -0.2) is 4.98 Å². The number of aromatic nitrogens is 4. The number of nitrogens with zero attached hydrogens (tertiary/aromatic N) is 5. The third kappa shape index (κ3) is 4.39. The summed E-state index contributed by atoms with van der Waals surface area (Å²) >= 11 is 0. The summed E-state index contributed by atoms with van der Waals surface area (Å²) in [4.78, 5) is 18.3. The molecular weight excluding hydrogens is 330 g/mol. The number of rotatable bonds is 4. The minimum atomic E-state index is -0.0299. The molecule has 3 heterocycles. The van der Waals surface area contributed by atoms with Crippen LogP contribution in [0.2, 0.25) is 0 Å². The van der Waals surface area contributed by atoms with Crippen LogP contribution in [-0.2, 0) is 12.5 Å². The molecule has 1 saturated heterocycles. The minimum Gasteiger partial charge on any atom is -0.476 e. The van der Waals surface area contributed by atoms with E-state index in [2.05, 4.69) is 40.9 Å². The van der Waals surface area contributed by atoms with Crippen molar-refractivity contribution in [2.45, 2.75) is 39.0 Å². The number of anilines is 1. The van der Waals surface area contributed by atoms with Crippen molar-refractivity contribution in [3.05, 3.63) is 40.6 Å². The molecule has 2 aromatic heterocycles. The van der Waals surface area contributed by atoms with E-state index in [1.165, 1.54) is 4.57 Å². The van der Waals surface area contributed by atoms with Gasteiger partial charge in [0.25, 0.3) is 5.56 Å². The summed E-state index contributed by atoms with van der Waals surface area (Å²) in [6.45, 7) is 8.74. The minimum absolute atomic E-state index is 0.00909. The van der Waals surface area contributed by atoms with Crippen LogP contribution in [0, 0.1) is 5.92 Å². The summed E-state index contributed by atoms with van der Waals surface area (Å²) in [6.07, 6.45) is 3.58. The van der Waals surface area contributed by atoms with Crippen molar-refractivity contribution in [3.8, 4) is 5.88 Å². The molecule has 1 fully saturated rings. The highest BCUT2D eigenvalue weighted by molar-refractivity contribution is 5.37. The standard InChI is InChI=1S/C19H27N5O2/c1-19(2,3)15-5-6-17(22-21-15)26-12-14-7-9-24(10-8-14)16-11-18(25)23(4)13-20-16/h5-6,11,13-14H,7-10,12H2,1-4H3. The fourth-order valence-electron chi connectivity index (χ4n) is 2.95. The third-order valence-electron chi connectivity index (χ3n) is 4.78. The quantitative estimate of drug-likeness (QED) is 0.835. The van der Waals surface area contributed by atoms with Crippen LogP contribution in [0.3, 0.4) is 0 Å². The highest BCUT2D eigenvalue weighted by Crippen LogP contribution is 2.23. The molecule has 0 saturated carbocycles. The van der Waals surface area contributed by atoms with Gasteiger partial charge >= 0.3 is 0 Å². The number of piperidine rings is 1. The monoisotopic (exact) mass is 357 g/mol. The first-order chi connectivity index (χ1) is 12.3. The van der Waals surface area contributed by atoms with E-state index in [1.54, 1.807) is 19.4 Å². The fourth-order valence-corrected chi connectivity index (χ4v) is 2.95. The first kappa shape index (κ1) is 18.4. The Labute approximate surface area is 154 Å². The Hall–Kier alpha value is -2.44. The lowest BCUT2D eigenvalue weighted by Crippen LogP contribution is -2.37. The van der Waals surface area contributed by atoms with Crippen LogP contribution in [0.1, 0.15) is 39.3 Å². The van der Waals surface area contributed by atoms with Crippen LogP contribution in [0.25, 0.3) is 0 Å². The van der Waals surface area contributed by atoms with E-state index in [0.717, 1.165) is 37.4 Å². The Balaban J connectivity index is 1.49. The molecule has 26 heavy (non-hydrogen) atoms. The van der Waals surface area contributed by atoms with E-state index in [4.69, 9.17) is 4.74 Å². The van der Waals surface area contributed by atoms with E-state index in [-0.39, 0.29) is 11.0 Å². The predicted molar refractivity (Wildman–Crippen MR) is 101 cm³/mol. The largest absolute Gasteiger partial charge is 0.476 e. The van der Waals surface area contributed by atoms with Crippen LogP contribution < -0.4 is 15.2 Å². The molecule has 7 heteroatoms. The normalized spacial score (nSPS) is 15.9. The molecule has 0 aromatic carbocycles. The van der Waals surface area contributed by atoms with E-state index >= 15 is 0 Å². The van der Waals surface area contributed by atoms with Gasteiger partial charge in [0, 0.05) is 37.7 Å². The zero-order valence-electron chi connectivity index (χ0n) is 16.0. The zero-order chi connectivity index (χ0) is 18.7. The van der Waals surface area contributed by atoms with Gasteiger partial charge in [-0.3, -0.25) is 4.79 Å². The van der Waals surface area contributed by atoms with Crippen molar-refractivity contribution in [1.82, 2.24) is 19.7 Å².